The highest BCUT2D eigenvalue weighted by Gasteiger charge is 2.33. The van der Waals surface area contributed by atoms with Crippen LogP contribution in [0.3, 0.4) is 0 Å². The molecule has 1 aromatic heterocycles. The van der Waals surface area contributed by atoms with Crippen molar-refractivity contribution in [2.24, 2.45) is 0 Å². The molecule has 8 heteroatoms. The first-order valence-corrected chi connectivity index (χ1v) is 12.1. The third kappa shape index (κ3) is 6.33. The molecule has 1 saturated carbocycles. The first-order valence-electron chi connectivity index (χ1n) is 12.1. The van der Waals surface area contributed by atoms with Crippen molar-refractivity contribution in [2.75, 3.05) is 13.7 Å². The summed E-state index contributed by atoms with van der Waals surface area (Å²) in [6, 6.07) is 19.0. The summed E-state index contributed by atoms with van der Waals surface area (Å²) in [6.45, 7) is -0.131. The number of rotatable bonds is 10. The Kier molecular flexibility index (Phi) is 8.39. The minimum atomic E-state index is -0.869. The highest BCUT2D eigenvalue weighted by Crippen LogP contribution is 2.26. The second kappa shape index (κ2) is 12.1. The lowest BCUT2D eigenvalue weighted by Gasteiger charge is -2.32. The summed E-state index contributed by atoms with van der Waals surface area (Å²) in [5, 5.41) is 5.76. The molecule has 36 heavy (non-hydrogen) atoms. The van der Waals surface area contributed by atoms with Gasteiger partial charge in [0.2, 0.25) is 11.8 Å². The van der Waals surface area contributed by atoms with Crippen LogP contribution in [0.4, 0.5) is 0 Å². The molecule has 0 bridgehead atoms. The zero-order chi connectivity index (χ0) is 25.3. The number of methoxy groups -OCH3 is 1. The highest BCUT2D eigenvalue weighted by molar-refractivity contribution is 5.95. The molecule has 4 rings (SSSR count). The maximum absolute atomic E-state index is 13.7. The first-order chi connectivity index (χ1) is 17.5. The number of amides is 3. The van der Waals surface area contributed by atoms with Crippen LogP contribution < -0.4 is 15.4 Å². The maximum Gasteiger partial charge on any atom is 0.287 e. The van der Waals surface area contributed by atoms with E-state index in [1.165, 1.54) is 17.2 Å². The van der Waals surface area contributed by atoms with Crippen molar-refractivity contribution < 1.29 is 23.5 Å². The Bertz CT molecular complexity index is 1160. The molecule has 0 spiro atoms. The minimum absolute atomic E-state index is 0.0936. The van der Waals surface area contributed by atoms with Crippen LogP contribution in [-0.2, 0) is 16.1 Å². The van der Waals surface area contributed by atoms with Crippen LogP contribution in [-0.4, -0.2) is 42.3 Å². The molecule has 0 aliphatic heterocycles. The average molecular weight is 490 g/mol. The van der Waals surface area contributed by atoms with Crippen molar-refractivity contribution in [3.63, 3.8) is 0 Å². The number of carbonyl (C=O) groups excluding carboxylic acids is 3. The molecule has 1 aliphatic carbocycles. The van der Waals surface area contributed by atoms with E-state index in [1.807, 2.05) is 54.6 Å². The average Bonchev–Trinajstić information content (AvgIpc) is 3.62. The third-order valence-corrected chi connectivity index (χ3v) is 6.33. The van der Waals surface area contributed by atoms with Crippen LogP contribution in [0, 0.1) is 0 Å². The molecule has 8 nitrogen and oxygen atoms in total. The van der Waals surface area contributed by atoms with Crippen molar-refractivity contribution >= 4 is 17.7 Å². The predicted octanol–water partition coefficient (Wildman–Crippen LogP) is 3.85. The topological polar surface area (TPSA) is 101 Å². The van der Waals surface area contributed by atoms with E-state index in [1.54, 1.807) is 13.2 Å². The first kappa shape index (κ1) is 25.0. The fraction of sp³-hybridized carbons (Fsp3) is 0.321. The molecular formula is C28H31N3O5. The zero-order valence-corrected chi connectivity index (χ0v) is 20.3. The Morgan fingerprint density at radius 3 is 2.50 bits per heavy atom. The minimum Gasteiger partial charge on any atom is -0.497 e. The van der Waals surface area contributed by atoms with E-state index in [4.69, 9.17) is 9.15 Å². The van der Waals surface area contributed by atoms with Gasteiger partial charge in [-0.15, -0.1) is 0 Å². The number of hydrogen-bond acceptors (Lipinski definition) is 5. The standard InChI is InChI=1S/C28H31N3O5/c1-35-23-14-7-9-20(17-23)19-31(25(32)18-29-27(33)24-15-8-16-36-24)26(21-10-3-2-4-11-21)28(34)30-22-12-5-6-13-22/h2-4,7-11,14-17,22,26H,5-6,12-13,18-19H2,1H3,(H,29,33)(H,30,34). The van der Waals surface area contributed by atoms with Gasteiger partial charge in [0, 0.05) is 12.6 Å². The molecule has 1 heterocycles. The summed E-state index contributed by atoms with van der Waals surface area (Å²) in [7, 11) is 1.58. The van der Waals surface area contributed by atoms with Gasteiger partial charge in [-0.3, -0.25) is 14.4 Å². The lowest BCUT2D eigenvalue weighted by atomic mass is 10.0. The van der Waals surface area contributed by atoms with E-state index in [2.05, 4.69) is 10.6 Å². The Morgan fingerprint density at radius 2 is 1.81 bits per heavy atom. The zero-order valence-electron chi connectivity index (χ0n) is 20.3. The number of hydrogen-bond donors (Lipinski definition) is 2. The van der Waals surface area contributed by atoms with Crippen LogP contribution in [0.1, 0.15) is 53.4 Å². The van der Waals surface area contributed by atoms with Crippen LogP contribution in [0.2, 0.25) is 0 Å². The van der Waals surface area contributed by atoms with Gasteiger partial charge in [-0.25, -0.2) is 0 Å². The largest absolute Gasteiger partial charge is 0.497 e. The van der Waals surface area contributed by atoms with E-state index < -0.39 is 17.9 Å². The summed E-state index contributed by atoms with van der Waals surface area (Å²) in [6.07, 6.45) is 5.40. The molecule has 0 radical (unpaired) electrons. The molecule has 2 N–H and O–H groups in total. The van der Waals surface area contributed by atoms with Crippen LogP contribution in [0.15, 0.2) is 77.4 Å². The molecule has 2 aromatic carbocycles. The fourth-order valence-electron chi connectivity index (χ4n) is 4.50. The maximum atomic E-state index is 13.7. The van der Waals surface area contributed by atoms with Crippen molar-refractivity contribution in [3.05, 3.63) is 89.9 Å². The SMILES string of the molecule is COc1cccc(CN(C(=O)CNC(=O)c2ccco2)C(C(=O)NC2CCCC2)c2ccccc2)c1. The van der Waals surface area contributed by atoms with E-state index in [-0.39, 0.29) is 30.8 Å². The second-order valence-electron chi connectivity index (χ2n) is 8.84. The second-order valence-corrected chi connectivity index (χ2v) is 8.84. The number of ether oxygens (including phenoxy) is 1. The third-order valence-electron chi connectivity index (χ3n) is 6.33. The number of nitrogens with zero attached hydrogens (tertiary/aromatic N) is 1. The number of nitrogens with one attached hydrogen (secondary N) is 2. The monoisotopic (exact) mass is 489 g/mol. The van der Waals surface area contributed by atoms with Gasteiger partial charge >= 0.3 is 0 Å². The van der Waals surface area contributed by atoms with Crippen molar-refractivity contribution in [1.82, 2.24) is 15.5 Å². The Balaban J connectivity index is 1.63. The number of furan rings is 1. The Morgan fingerprint density at radius 1 is 1.03 bits per heavy atom. The molecule has 0 saturated heterocycles. The van der Waals surface area contributed by atoms with Crippen molar-refractivity contribution in [2.45, 2.75) is 44.3 Å². The normalized spacial score (nSPS) is 14.1. The van der Waals surface area contributed by atoms with Crippen molar-refractivity contribution in [3.8, 4) is 5.75 Å². The smallest absolute Gasteiger partial charge is 0.287 e. The molecule has 1 aliphatic rings. The lowest BCUT2D eigenvalue weighted by molar-refractivity contribution is -0.141. The van der Waals surface area contributed by atoms with Gasteiger partial charge < -0.3 is 24.7 Å². The number of carbonyl (C=O) groups is 3. The van der Waals surface area contributed by atoms with Gasteiger partial charge in [0.1, 0.15) is 11.8 Å². The Hall–Kier alpha value is -4.07. The summed E-state index contributed by atoms with van der Waals surface area (Å²) >= 11 is 0. The van der Waals surface area contributed by atoms with E-state index in [0.717, 1.165) is 31.2 Å². The predicted molar refractivity (Wildman–Crippen MR) is 134 cm³/mol. The van der Waals surface area contributed by atoms with Crippen molar-refractivity contribution in [1.29, 1.82) is 0 Å². The molecule has 188 valence electrons. The summed E-state index contributed by atoms with van der Waals surface area (Å²) in [5.41, 5.74) is 1.50. The van der Waals surface area contributed by atoms with Gasteiger partial charge in [0.15, 0.2) is 5.76 Å². The molecule has 1 fully saturated rings. The highest BCUT2D eigenvalue weighted by atomic mass is 16.5. The Labute approximate surface area is 210 Å². The van der Waals surface area contributed by atoms with E-state index >= 15 is 0 Å². The van der Waals surface area contributed by atoms with E-state index in [9.17, 15) is 14.4 Å². The lowest BCUT2D eigenvalue weighted by Crippen LogP contribution is -2.48. The van der Waals surface area contributed by atoms with Crippen LogP contribution in [0.5, 0.6) is 5.75 Å². The van der Waals surface area contributed by atoms with Gasteiger partial charge in [0.05, 0.1) is 19.9 Å². The quantitative estimate of drug-likeness (QED) is 0.451. The molecule has 3 aromatic rings. The summed E-state index contributed by atoms with van der Waals surface area (Å²) in [5.74, 6) is -0.366. The summed E-state index contributed by atoms with van der Waals surface area (Å²) in [4.78, 5) is 41.2. The van der Waals surface area contributed by atoms with E-state index in [0.29, 0.717) is 11.3 Å². The fourth-order valence-corrected chi connectivity index (χ4v) is 4.50. The molecular weight excluding hydrogens is 458 g/mol. The molecule has 3 amide bonds. The molecule has 1 unspecified atom stereocenters. The number of benzene rings is 2. The van der Waals surface area contributed by atoms with Gasteiger partial charge in [-0.05, 0) is 48.2 Å². The molecule has 1 atom stereocenters. The van der Waals surface area contributed by atoms with Crippen LogP contribution >= 0.6 is 0 Å². The van der Waals surface area contributed by atoms with Crippen LogP contribution in [0.25, 0.3) is 0 Å². The van der Waals surface area contributed by atoms with Gasteiger partial charge in [-0.2, -0.15) is 0 Å². The van der Waals surface area contributed by atoms with Gasteiger partial charge in [-0.1, -0.05) is 55.3 Å². The summed E-state index contributed by atoms with van der Waals surface area (Å²) < 4.78 is 10.5. The van der Waals surface area contributed by atoms with Gasteiger partial charge in [0.25, 0.3) is 5.91 Å².